The van der Waals surface area contributed by atoms with Crippen molar-refractivity contribution in [2.45, 2.75) is 49.6 Å². The van der Waals surface area contributed by atoms with Crippen molar-refractivity contribution in [3.8, 4) is 0 Å². The van der Waals surface area contributed by atoms with Gasteiger partial charge in [-0.1, -0.05) is 109 Å². The summed E-state index contributed by atoms with van der Waals surface area (Å²) in [6.07, 6.45) is -0.840. The van der Waals surface area contributed by atoms with Gasteiger partial charge in [0.1, 0.15) is 12.2 Å². The van der Waals surface area contributed by atoms with Gasteiger partial charge in [-0.2, -0.15) is 0 Å². The van der Waals surface area contributed by atoms with Gasteiger partial charge in [-0.25, -0.2) is 0 Å². The first-order chi connectivity index (χ1) is 22.6. The molecular weight excluding hydrogens is 593 g/mol. The first-order valence-corrected chi connectivity index (χ1v) is 16.6. The summed E-state index contributed by atoms with van der Waals surface area (Å²) in [4.78, 5) is 12.2. The molecule has 232 valence electrons. The Morgan fingerprint density at radius 3 is 1.48 bits per heavy atom. The van der Waals surface area contributed by atoms with E-state index in [0.717, 1.165) is 22.1 Å². The van der Waals surface area contributed by atoms with Crippen LogP contribution in [0.5, 0.6) is 0 Å². The number of thioether (sulfide) groups is 1. The molecule has 1 saturated heterocycles. The zero-order chi connectivity index (χ0) is 31.3. The van der Waals surface area contributed by atoms with E-state index in [0.29, 0.717) is 26.4 Å². The molecule has 0 saturated carbocycles. The molecular formula is C40H36O5S. The zero-order valence-electron chi connectivity index (χ0n) is 25.7. The molecule has 6 heteroatoms. The van der Waals surface area contributed by atoms with Crippen LogP contribution in [0.2, 0.25) is 0 Å². The van der Waals surface area contributed by atoms with E-state index in [9.17, 15) is 4.79 Å². The van der Waals surface area contributed by atoms with E-state index in [1.54, 1.807) is 11.8 Å². The first kappa shape index (κ1) is 30.5. The van der Waals surface area contributed by atoms with Crippen LogP contribution in [-0.2, 0) is 43.6 Å². The molecule has 0 aliphatic carbocycles. The minimum Gasteiger partial charge on any atom is -0.449 e. The summed E-state index contributed by atoms with van der Waals surface area (Å²) in [5, 5.41) is 6.98. The molecule has 0 radical (unpaired) electrons. The van der Waals surface area contributed by atoms with E-state index >= 15 is 0 Å². The zero-order valence-corrected chi connectivity index (χ0v) is 26.5. The summed E-state index contributed by atoms with van der Waals surface area (Å²) >= 11 is 1.55. The van der Waals surface area contributed by atoms with Crippen molar-refractivity contribution in [3.63, 3.8) is 0 Å². The van der Waals surface area contributed by atoms with Crippen molar-refractivity contribution < 1.29 is 23.7 Å². The van der Waals surface area contributed by atoms with Crippen LogP contribution < -0.4 is 0 Å². The van der Waals surface area contributed by atoms with E-state index < -0.39 is 11.5 Å². The van der Waals surface area contributed by atoms with Gasteiger partial charge in [0, 0.05) is 6.92 Å². The van der Waals surface area contributed by atoms with Crippen molar-refractivity contribution in [2.75, 3.05) is 6.61 Å². The number of hydrogen-bond acceptors (Lipinski definition) is 6. The lowest BCUT2D eigenvalue weighted by molar-refractivity contribution is -0.155. The molecule has 1 aliphatic heterocycles. The molecule has 6 aromatic rings. The lowest BCUT2D eigenvalue weighted by Crippen LogP contribution is -2.40. The minimum atomic E-state index is -0.520. The van der Waals surface area contributed by atoms with E-state index in [2.05, 4.69) is 91.0 Å². The van der Waals surface area contributed by atoms with Gasteiger partial charge in [-0.05, 0) is 67.2 Å². The van der Waals surface area contributed by atoms with E-state index in [-0.39, 0.29) is 17.3 Å². The molecule has 0 spiro atoms. The van der Waals surface area contributed by atoms with Crippen molar-refractivity contribution in [1.29, 1.82) is 0 Å². The summed E-state index contributed by atoms with van der Waals surface area (Å²) in [6, 6.07) is 44.0. The highest BCUT2D eigenvalue weighted by Gasteiger charge is 2.48. The highest BCUT2D eigenvalue weighted by molar-refractivity contribution is 8.00. The average Bonchev–Trinajstić information content (AvgIpc) is 3.40. The Morgan fingerprint density at radius 1 is 0.565 bits per heavy atom. The summed E-state index contributed by atoms with van der Waals surface area (Å²) in [5.74, 6) is -0.345. The minimum absolute atomic E-state index is 0.105. The van der Waals surface area contributed by atoms with Crippen LogP contribution in [0.4, 0.5) is 0 Å². The fourth-order valence-corrected chi connectivity index (χ4v) is 7.61. The Bertz CT molecular complexity index is 1970. The highest BCUT2D eigenvalue weighted by Crippen LogP contribution is 2.40. The molecule has 0 amide bonds. The topological polar surface area (TPSA) is 54.0 Å². The maximum absolute atomic E-state index is 12.2. The van der Waals surface area contributed by atoms with Gasteiger partial charge in [0.05, 0.1) is 31.7 Å². The number of ether oxygens (including phenoxy) is 4. The number of carbonyl (C=O) groups excluding carboxylic acids is 1. The Kier molecular flexibility index (Phi) is 9.31. The molecule has 46 heavy (non-hydrogen) atoms. The van der Waals surface area contributed by atoms with Gasteiger partial charge >= 0.3 is 5.97 Å². The van der Waals surface area contributed by atoms with E-state index in [4.69, 9.17) is 18.9 Å². The second kappa shape index (κ2) is 14.1. The summed E-state index contributed by atoms with van der Waals surface area (Å²) in [6.45, 7) is 3.11. The Morgan fingerprint density at radius 2 is 1.00 bits per heavy atom. The summed E-state index contributed by atoms with van der Waals surface area (Å²) in [7, 11) is 0. The van der Waals surface area contributed by atoms with Gasteiger partial charge in [-0.15, -0.1) is 11.8 Å². The predicted molar refractivity (Wildman–Crippen MR) is 186 cm³/mol. The third-order valence-electron chi connectivity index (χ3n) is 8.43. The third-order valence-corrected chi connectivity index (χ3v) is 9.81. The number of carbonyl (C=O) groups is 1. The van der Waals surface area contributed by atoms with Gasteiger partial charge in [0.25, 0.3) is 0 Å². The monoisotopic (exact) mass is 628 g/mol. The average molecular weight is 629 g/mol. The Balaban J connectivity index is 1.10. The maximum Gasteiger partial charge on any atom is 0.303 e. The summed E-state index contributed by atoms with van der Waals surface area (Å²) in [5.41, 5.74) is 2.71. The van der Waals surface area contributed by atoms with Gasteiger partial charge in [-0.3, -0.25) is 4.79 Å². The molecule has 0 aromatic heterocycles. The maximum atomic E-state index is 12.2. The first-order valence-electron chi connectivity index (χ1n) is 15.7. The van der Waals surface area contributed by atoms with Crippen LogP contribution in [0.1, 0.15) is 23.6 Å². The second-order valence-corrected chi connectivity index (χ2v) is 13.1. The smallest absolute Gasteiger partial charge is 0.303 e. The van der Waals surface area contributed by atoms with Crippen molar-refractivity contribution >= 4 is 50.0 Å². The Hall–Kier alpha value is -4.20. The highest BCUT2D eigenvalue weighted by atomic mass is 32.2. The van der Waals surface area contributed by atoms with Crippen LogP contribution in [0.3, 0.4) is 0 Å². The normalized spacial score (nSPS) is 19.6. The molecule has 4 atom stereocenters. The number of rotatable bonds is 11. The lowest BCUT2D eigenvalue weighted by atomic mass is 10.1. The molecule has 6 aromatic carbocycles. The fraction of sp³-hybridized carbons (Fsp3) is 0.225. The second-order valence-electron chi connectivity index (χ2n) is 11.8. The van der Waals surface area contributed by atoms with Crippen molar-refractivity contribution in [1.82, 2.24) is 0 Å². The molecule has 1 unspecified atom stereocenters. The molecule has 0 bridgehead atoms. The van der Waals surface area contributed by atoms with Gasteiger partial charge in [0.2, 0.25) is 0 Å². The van der Waals surface area contributed by atoms with E-state index in [1.807, 2.05) is 36.4 Å². The largest absolute Gasteiger partial charge is 0.449 e. The van der Waals surface area contributed by atoms with E-state index in [1.165, 1.54) is 33.9 Å². The summed E-state index contributed by atoms with van der Waals surface area (Å²) < 4.78 is 25.4. The molecule has 7 rings (SSSR count). The predicted octanol–water partition coefficient (Wildman–Crippen LogP) is 8.84. The number of fused-ring (bicyclic) bond motifs is 3. The SMILES string of the molecule is CC(=O)OC1S[C@H](COCc2ccc3ccccc3c2)[C@H](OCc2ccc3ccccc3c2)[C@@H]1OCc1ccc2ccccc2c1. The molecule has 1 fully saturated rings. The van der Waals surface area contributed by atoms with Crippen LogP contribution in [0.25, 0.3) is 32.3 Å². The van der Waals surface area contributed by atoms with Gasteiger partial charge in [0.15, 0.2) is 5.44 Å². The number of esters is 1. The molecule has 1 heterocycles. The van der Waals surface area contributed by atoms with Crippen LogP contribution in [0.15, 0.2) is 127 Å². The molecule has 1 aliphatic rings. The van der Waals surface area contributed by atoms with Crippen LogP contribution >= 0.6 is 11.8 Å². The fourth-order valence-electron chi connectivity index (χ4n) is 6.13. The quantitative estimate of drug-likeness (QED) is 0.134. The number of hydrogen-bond donors (Lipinski definition) is 0. The van der Waals surface area contributed by atoms with Crippen molar-refractivity contribution in [3.05, 3.63) is 144 Å². The van der Waals surface area contributed by atoms with Crippen LogP contribution in [-0.4, -0.2) is 35.5 Å². The third kappa shape index (κ3) is 7.11. The van der Waals surface area contributed by atoms with Gasteiger partial charge < -0.3 is 18.9 Å². The van der Waals surface area contributed by atoms with Crippen molar-refractivity contribution in [2.24, 2.45) is 0 Å². The van der Waals surface area contributed by atoms with Crippen LogP contribution in [0, 0.1) is 0 Å². The standard InChI is InChI=1S/C40H36O5S/c1-27(41)45-40-39(44-25-30-16-19-33-10-4-7-13-36(33)22-30)38(43-24-29-15-18-32-9-3-6-12-35(32)21-29)37(46-40)26-42-23-28-14-17-31-8-2-5-11-34(31)20-28/h2-22,37-40H,23-26H2,1H3/t37-,38+,39+,40?/m1/s1. The molecule has 0 N–H and O–H groups in total. The Labute approximate surface area is 273 Å². The number of benzene rings is 6. The molecule has 5 nitrogen and oxygen atoms in total. The lowest BCUT2D eigenvalue weighted by Gasteiger charge is -2.26.